The number of carboxylic acid groups (broad SMARTS) is 1. The standard InChI is InChI=1S/C10H13N3O3/c1-13(2)9(14)6-12-8-5-7(10(15)16)3-4-11-8/h3-5H,6H2,1-2H3,(H,11,12)(H,15,16). The summed E-state index contributed by atoms with van der Waals surface area (Å²) in [5.41, 5.74) is 0.134. The van der Waals surface area contributed by atoms with Crippen LogP contribution in [0.15, 0.2) is 18.3 Å². The molecule has 2 N–H and O–H groups in total. The van der Waals surface area contributed by atoms with Crippen molar-refractivity contribution in [2.75, 3.05) is 26.0 Å². The van der Waals surface area contributed by atoms with Gasteiger partial charge >= 0.3 is 5.97 Å². The summed E-state index contributed by atoms with van der Waals surface area (Å²) in [5.74, 6) is -0.762. The first-order valence-corrected chi connectivity index (χ1v) is 4.64. The van der Waals surface area contributed by atoms with Crippen molar-refractivity contribution in [3.63, 3.8) is 0 Å². The molecule has 6 nitrogen and oxygen atoms in total. The molecule has 1 rings (SSSR count). The molecule has 6 heteroatoms. The first-order chi connectivity index (χ1) is 7.50. The molecule has 0 radical (unpaired) electrons. The Morgan fingerprint density at radius 1 is 1.50 bits per heavy atom. The highest BCUT2D eigenvalue weighted by Gasteiger charge is 2.06. The Kier molecular flexibility index (Phi) is 3.82. The molecule has 1 heterocycles. The van der Waals surface area contributed by atoms with Crippen molar-refractivity contribution >= 4 is 17.7 Å². The van der Waals surface area contributed by atoms with Crippen molar-refractivity contribution in [3.05, 3.63) is 23.9 Å². The van der Waals surface area contributed by atoms with Gasteiger partial charge in [0.2, 0.25) is 5.91 Å². The summed E-state index contributed by atoms with van der Waals surface area (Å²) in [4.78, 5) is 27.3. The second-order valence-corrected chi connectivity index (χ2v) is 3.38. The van der Waals surface area contributed by atoms with E-state index in [1.54, 1.807) is 14.1 Å². The summed E-state index contributed by atoms with van der Waals surface area (Å²) in [6, 6.07) is 2.77. The smallest absolute Gasteiger partial charge is 0.335 e. The number of aromatic carboxylic acids is 1. The Labute approximate surface area is 92.9 Å². The van der Waals surface area contributed by atoms with Crippen LogP contribution in [0.3, 0.4) is 0 Å². The van der Waals surface area contributed by atoms with Crippen LogP contribution in [0.1, 0.15) is 10.4 Å². The van der Waals surface area contributed by atoms with Gasteiger partial charge in [-0.25, -0.2) is 9.78 Å². The van der Waals surface area contributed by atoms with E-state index in [0.29, 0.717) is 5.82 Å². The van der Waals surface area contributed by atoms with Crippen LogP contribution < -0.4 is 5.32 Å². The summed E-state index contributed by atoms with van der Waals surface area (Å²) < 4.78 is 0. The summed E-state index contributed by atoms with van der Waals surface area (Å²) in [6.45, 7) is 0.0864. The molecule has 0 aliphatic carbocycles. The molecule has 0 unspecified atom stereocenters. The highest BCUT2D eigenvalue weighted by molar-refractivity contribution is 5.88. The Hall–Kier alpha value is -2.11. The third-order valence-electron chi connectivity index (χ3n) is 1.93. The van der Waals surface area contributed by atoms with Crippen LogP contribution in [-0.4, -0.2) is 47.5 Å². The van der Waals surface area contributed by atoms with E-state index in [1.165, 1.54) is 23.2 Å². The van der Waals surface area contributed by atoms with Crippen LogP contribution >= 0.6 is 0 Å². The molecule has 0 saturated heterocycles. The van der Waals surface area contributed by atoms with Gasteiger partial charge in [-0.05, 0) is 12.1 Å². The second-order valence-electron chi connectivity index (χ2n) is 3.38. The predicted molar refractivity (Wildman–Crippen MR) is 58.4 cm³/mol. The molecule has 16 heavy (non-hydrogen) atoms. The number of hydrogen-bond donors (Lipinski definition) is 2. The molecule has 86 valence electrons. The lowest BCUT2D eigenvalue weighted by atomic mass is 10.2. The molecule has 1 aromatic rings. The molecular formula is C10H13N3O3. The number of likely N-dealkylation sites (N-methyl/N-ethyl adjacent to an activating group) is 1. The zero-order chi connectivity index (χ0) is 12.1. The number of hydrogen-bond acceptors (Lipinski definition) is 4. The summed E-state index contributed by atoms with van der Waals surface area (Å²) in [7, 11) is 3.29. The number of nitrogens with one attached hydrogen (secondary N) is 1. The van der Waals surface area contributed by atoms with Gasteiger partial charge in [-0.15, -0.1) is 0 Å². The van der Waals surface area contributed by atoms with Crippen molar-refractivity contribution in [1.82, 2.24) is 9.88 Å². The van der Waals surface area contributed by atoms with Crippen LogP contribution in [0, 0.1) is 0 Å². The van der Waals surface area contributed by atoms with Gasteiger partial charge in [-0.1, -0.05) is 0 Å². The van der Waals surface area contributed by atoms with E-state index in [0.717, 1.165) is 0 Å². The van der Waals surface area contributed by atoms with Gasteiger partial charge < -0.3 is 15.3 Å². The fourth-order valence-corrected chi connectivity index (χ4v) is 0.985. The van der Waals surface area contributed by atoms with Crippen molar-refractivity contribution in [1.29, 1.82) is 0 Å². The number of carbonyl (C=O) groups is 2. The maximum absolute atomic E-state index is 11.3. The van der Waals surface area contributed by atoms with Crippen molar-refractivity contribution < 1.29 is 14.7 Å². The highest BCUT2D eigenvalue weighted by Crippen LogP contribution is 2.06. The number of nitrogens with zero attached hydrogens (tertiary/aromatic N) is 2. The van der Waals surface area contributed by atoms with Crippen LogP contribution in [0.2, 0.25) is 0 Å². The maximum atomic E-state index is 11.3. The van der Waals surface area contributed by atoms with E-state index < -0.39 is 5.97 Å². The molecule has 0 aliphatic rings. The Bertz CT molecular complexity index is 404. The van der Waals surface area contributed by atoms with Crippen LogP contribution in [0.25, 0.3) is 0 Å². The highest BCUT2D eigenvalue weighted by atomic mass is 16.4. The topological polar surface area (TPSA) is 82.5 Å². The number of carbonyl (C=O) groups excluding carboxylic acids is 1. The number of carboxylic acids is 1. The average molecular weight is 223 g/mol. The molecule has 0 spiro atoms. The summed E-state index contributed by atoms with van der Waals surface area (Å²) in [6.07, 6.45) is 1.38. The number of anilines is 1. The molecule has 0 bridgehead atoms. The van der Waals surface area contributed by atoms with Gasteiger partial charge in [0.1, 0.15) is 5.82 Å². The average Bonchev–Trinajstić information content (AvgIpc) is 2.26. The number of aromatic nitrogens is 1. The summed E-state index contributed by atoms with van der Waals surface area (Å²) in [5, 5.41) is 11.5. The zero-order valence-electron chi connectivity index (χ0n) is 9.10. The third kappa shape index (κ3) is 3.23. The van der Waals surface area contributed by atoms with E-state index in [4.69, 9.17) is 5.11 Å². The molecule has 0 atom stereocenters. The molecule has 0 saturated carbocycles. The van der Waals surface area contributed by atoms with E-state index in [9.17, 15) is 9.59 Å². The Morgan fingerprint density at radius 2 is 2.19 bits per heavy atom. The van der Waals surface area contributed by atoms with Crippen LogP contribution in [-0.2, 0) is 4.79 Å². The van der Waals surface area contributed by atoms with Crippen LogP contribution in [0.5, 0.6) is 0 Å². The predicted octanol–water partition coefficient (Wildman–Crippen LogP) is 0.280. The van der Waals surface area contributed by atoms with Gasteiger partial charge in [-0.2, -0.15) is 0 Å². The van der Waals surface area contributed by atoms with Crippen molar-refractivity contribution in [2.45, 2.75) is 0 Å². The van der Waals surface area contributed by atoms with Gasteiger partial charge in [0.25, 0.3) is 0 Å². The fraction of sp³-hybridized carbons (Fsp3) is 0.300. The number of rotatable bonds is 4. The third-order valence-corrected chi connectivity index (χ3v) is 1.93. The molecule has 1 amide bonds. The Morgan fingerprint density at radius 3 is 2.75 bits per heavy atom. The van der Waals surface area contributed by atoms with Gasteiger partial charge in [0.05, 0.1) is 12.1 Å². The lowest BCUT2D eigenvalue weighted by molar-refractivity contribution is -0.126. The normalized spacial score (nSPS) is 9.62. The van der Waals surface area contributed by atoms with E-state index >= 15 is 0 Å². The molecular weight excluding hydrogens is 210 g/mol. The van der Waals surface area contributed by atoms with E-state index in [2.05, 4.69) is 10.3 Å². The minimum Gasteiger partial charge on any atom is -0.478 e. The first kappa shape index (κ1) is 12.0. The molecule has 1 aromatic heterocycles. The second kappa shape index (κ2) is 5.11. The quantitative estimate of drug-likeness (QED) is 0.766. The molecule has 0 aliphatic heterocycles. The van der Waals surface area contributed by atoms with Gasteiger partial charge in [-0.3, -0.25) is 4.79 Å². The lowest BCUT2D eigenvalue weighted by Crippen LogP contribution is -2.28. The molecule has 0 aromatic carbocycles. The van der Waals surface area contributed by atoms with Gasteiger partial charge in [0, 0.05) is 20.3 Å². The van der Waals surface area contributed by atoms with Gasteiger partial charge in [0.15, 0.2) is 0 Å². The number of pyridine rings is 1. The van der Waals surface area contributed by atoms with Crippen LogP contribution in [0.4, 0.5) is 5.82 Å². The fourth-order valence-electron chi connectivity index (χ4n) is 0.985. The monoisotopic (exact) mass is 223 g/mol. The SMILES string of the molecule is CN(C)C(=O)CNc1cc(C(=O)O)ccn1. The zero-order valence-corrected chi connectivity index (χ0v) is 9.10. The maximum Gasteiger partial charge on any atom is 0.335 e. The van der Waals surface area contributed by atoms with Crippen molar-refractivity contribution in [2.24, 2.45) is 0 Å². The Balaban J connectivity index is 2.64. The minimum atomic E-state index is -1.02. The first-order valence-electron chi connectivity index (χ1n) is 4.64. The minimum absolute atomic E-state index is 0.0864. The van der Waals surface area contributed by atoms with E-state index in [1.807, 2.05) is 0 Å². The van der Waals surface area contributed by atoms with Crippen molar-refractivity contribution in [3.8, 4) is 0 Å². The largest absolute Gasteiger partial charge is 0.478 e. The summed E-state index contributed by atoms with van der Waals surface area (Å²) >= 11 is 0. The lowest BCUT2D eigenvalue weighted by Gasteiger charge is -2.11. The number of amides is 1. The van der Waals surface area contributed by atoms with E-state index in [-0.39, 0.29) is 18.0 Å². The molecule has 0 fully saturated rings.